The molecule has 6 nitrogen and oxygen atoms in total. The second kappa shape index (κ2) is 7.01. The van der Waals surface area contributed by atoms with E-state index in [0.717, 1.165) is 0 Å². The normalized spacial score (nSPS) is 10.8. The van der Waals surface area contributed by atoms with Gasteiger partial charge in [-0.3, -0.25) is 14.4 Å². The zero-order valence-corrected chi connectivity index (χ0v) is 10.5. The van der Waals surface area contributed by atoms with Crippen LogP contribution in [-0.4, -0.2) is 36.4 Å². The Hall–Kier alpha value is -1.43. The van der Waals surface area contributed by atoms with Crippen molar-refractivity contribution in [1.82, 2.24) is 5.32 Å². The summed E-state index contributed by atoms with van der Waals surface area (Å²) >= 11 is 0. The van der Waals surface area contributed by atoms with E-state index >= 15 is 0 Å². The van der Waals surface area contributed by atoms with Crippen LogP contribution in [0.3, 0.4) is 0 Å². The topological polar surface area (TPSA) is 98.5 Å². The fourth-order valence-electron chi connectivity index (χ4n) is 0.992. The lowest BCUT2D eigenvalue weighted by atomic mass is 10.2. The largest absolute Gasteiger partial charge is 0.459 e. The first-order valence-electron chi connectivity index (χ1n) is 5.45. The first kappa shape index (κ1) is 15.6. The highest BCUT2D eigenvalue weighted by Gasteiger charge is 2.16. The second-order valence-corrected chi connectivity index (χ2v) is 4.61. The maximum atomic E-state index is 11.2. The molecule has 0 aromatic rings. The Kier molecular flexibility index (Phi) is 6.42. The van der Waals surface area contributed by atoms with Crippen LogP contribution in [0.2, 0.25) is 0 Å². The lowest BCUT2D eigenvalue weighted by molar-refractivity contribution is -0.154. The Morgan fingerprint density at radius 3 is 2.24 bits per heavy atom. The van der Waals surface area contributed by atoms with E-state index in [-0.39, 0.29) is 37.6 Å². The van der Waals surface area contributed by atoms with Gasteiger partial charge in [0.2, 0.25) is 5.91 Å². The van der Waals surface area contributed by atoms with E-state index in [4.69, 9.17) is 10.5 Å². The van der Waals surface area contributed by atoms with Gasteiger partial charge in [0.05, 0.1) is 6.54 Å². The summed E-state index contributed by atoms with van der Waals surface area (Å²) < 4.78 is 4.99. The molecule has 0 saturated carbocycles. The van der Waals surface area contributed by atoms with Gasteiger partial charge in [-0.15, -0.1) is 0 Å². The molecule has 6 heteroatoms. The van der Waals surface area contributed by atoms with Crippen molar-refractivity contribution >= 4 is 17.7 Å². The van der Waals surface area contributed by atoms with Gasteiger partial charge in [-0.2, -0.15) is 0 Å². The van der Waals surface area contributed by atoms with Crippen molar-refractivity contribution in [1.29, 1.82) is 0 Å². The average Bonchev–Trinajstić information content (AvgIpc) is 2.20. The molecule has 0 spiro atoms. The Morgan fingerprint density at radius 2 is 1.76 bits per heavy atom. The highest BCUT2D eigenvalue weighted by atomic mass is 16.6. The molecule has 17 heavy (non-hydrogen) atoms. The molecule has 1 amide bonds. The molecule has 0 fully saturated rings. The number of nitrogens with one attached hydrogen (secondary N) is 1. The molecule has 0 rings (SSSR count). The number of ether oxygens (including phenoxy) is 1. The summed E-state index contributed by atoms with van der Waals surface area (Å²) in [5.41, 5.74) is 4.52. The standard InChI is InChI=1S/C11H20N2O4/c1-11(2,3)17-10(16)7-13-9(15)5-4-8(14)6-12/h4-7,12H2,1-3H3,(H,13,15). The molecule has 0 aliphatic carbocycles. The quantitative estimate of drug-likeness (QED) is 0.628. The molecular formula is C11H20N2O4. The van der Waals surface area contributed by atoms with E-state index in [1.807, 2.05) is 0 Å². The average molecular weight is 244 g/mol. The van der Waals surface area contributed by atoms with Crippen molar-refractivity contribution in [2.75, 3.05) is 13.1 Å². The Bertz CT molecular complexity index is 294. The van der Waals surface area contributed by atoms with Gasteiger partial charge in [0.15, 0.2) is 0 Å². The molecule has 0 aliphatic rings. The van der Waals surface area contributed by atoms with Crippen molar-refractivity contribution in [3.05, 3.63) is 0 Å². The Balaban J connectivity index is 3.77. The van der Waals surface area contributed by atoms with Gasteiger partial charge < -0.3 is 15.8 Å². The lowest BCUT2D eigenvalue weighted by Gasteiger charge is -2.19. The molecule has 98 valence electrons. The van der Waals surface area contributed by atoms with Gasteiger partial charge in [0.25, 0.3) is 0 Å². The van der Waals surface area contributed by atoms with Gasteiger partial charge in [0, 0.05) is 12.8 Å². The third-order valence-electron chi connectivity index (χ3n) is 1.71. The summed E-state index contributed by atoms with van der Waals surface area (Å²) in [7, 11) is 0. The van der Waals surface area contributed by atoms with Crippen LogP contribution in [0.5, 0.6) is 0 Å². The molecule has 0 atom stereocenters. The first-order chi connectivity index (χ1) is 7.74. The summed E-state index contributed by atoms with van der Waals surface area (Å²) in [4.78, 5) is 33.3. The summed E-state index contributed by atoms with van der Waals surface area (Å²) in [5.74, 6) is -1.05. The fraction of sp³-hybridized carbons (Fsp3) is 0.727. The third kappa shape index (κ3) is 9.50. The van der Waals surface area contributed by atoms with E-state index in [0.29, 0.717) is 0 Å². The maximum Gasteiger partial charge on any atom is 0.325 e. The molecule has 0 aromatic heterocycles. The number of ketones is 1. The Labute approximate surface area is 101 Å². The first-order valence-corrected chi connectivity index (χ1v) is 5.45. The van der Waals surface area contributed by atoms with E-state index in [1.165, 1.54) is 0 Å². The summed E-state index contributed by atoms with van der Waals surface area (Å²) in [6.45, 7) is 4.97. The molecule has 0 aromatic carbocycles. The van der Waals surface area contributed by atoms with E-state index < -0.39 is 11.6 Å². The number of hydrogen-bond donors (Lipinski definition) is 2. The van der Waals surface area contributed by atoms with Crippen LogP contribution in [0.25, 0.3) is 0 Å². The predicted octanol–water partition coefficient (Wildman–Crippen LogP) is -0.248. The molecule has 3 N–H and O–H groups in total. The third-order valence-corrected chi connectivity index (χ3v) is 1.71. The number of Topliss-reactive ketones (excluding diaryl/α,β-unsaturated/α-hetero) is 1. The number of nitrogens with two attached hydrogens (primary N) is 1. The Morgan fingerprint density at radius 1 is 1.18 bits per heavy atom. The van der Waals surface area contributed by atoms with Gasteiger partial charge in [0.1, 0.15) is 17.9 Å². The van der Waals surface area contributed by atoms with Crippen molar-refractivity contribution in [3.63, 3.8) is 0 Å². The molecule has 0 bridgehead atoms. The molecule has 0 saturated heterocycles. The van der Waals surface area contributed by atoms with E-state index in [1.54, 1.807) is 20.8 Å². The van der Waals surface area contributed by atoms with Gasteiger partial charge in [-0.1, -0.05) is 0 Å². The smallest absolute Gasteiger partial charge is 0.325 e. The summed E-state index contributed by atoms with van der Waals surface area (Å²) in [6.07, 6.45) is 0.134. The minimum atomic E-state index is -0.572. The number of amides is 1. The van der Waals surface area contributed by atoms with Gasteiger partial charge in [-0.05, 0) is 20.8 Å². The SMILES string of the molecule is CC(C)(C)OC(=O)CNC(=O)CCC(=O)CN. The van der Waals surface area contributed by atoms with Crippen LogP contribution in [0.1, 0.15) is 33.6 Å². The van der Waals surface area contributed by atoms with Crippen molar-refractivity contribution in [2.45, 2.75) is 39.2 Å². The zero-order chi connectivity index (χ0) is 13.5. The van der Waals surface area contributed by atoms with Crippen LogP contribution in [0, 0.1) is 0 Å². The number of rotatable bonds is 6. The zero-order valence-electron chi connectivity index (χ0n) is 10.5. The predicted molar refractivity (Wildman–Crippen MR) is 62.2 cm³/mol. The van der Waals surface area contributed by atoms with Crippen molar-refractivity contribution in [3.8, 4) is 0 Å². The summed E-state index contributed by atoms with van der Waals surface area (Å²) in [5, 5.41) is 2.38. The number of carbonyl (C=O) groups excluding carboxylic acids is 3. The minimum Gasteiger partial charge on any atom is -0.459 e. The highest BCUT2D eigenvalue weighted by Crippen LogP contribution is 2.06. The van der Waals surface area contributed by atoms with Crippen molar-refractivity contribution < 1.29 is 19.1 Å². The number of carbonyl (C=O) groups is 3. The minimum absolute atomic E-state index is 0.0405. The maximum absolute atomic E-state index is 11.2. The van der Waals surface area contributed by atoms with Crippen LogP contribution >= 0.6 is 0 Å². The molecule has 0 radical (unpaired) electrons. The summed E-state index contributed by atoms with van der Waals surface area (Å²) in [6, 6.07) is 0. The highest BCUT2D eigenvalue weighted by molar-refractivity contribution is 5.87. The monoisotopic (exact) mass is 244 g/mol. The van der Waals surface area contributed by atoms with Crippen LogP contribution in [0.4, 0.5) is 0 Å². The number of hydrogen-bond acceptors (Lipinski definition) is 5. The fourth-order valence-corrected chi connectivity index (χ4v) is 0.992. The second-order valence-electron chi connectivity index (χ2n) is 4.61. The molecule has 0 aliphatic heterocycles. The van der Waals surface area contributed by atoms with Crippen molar-refractivity contribution in [2.24, 2.45) is 5.73 Å². The van der Waals surface area contributed by atoms with E-state index in [9.17, 15) is 14.4 Å². The van der Waals surface area contributed by atoms with Crippen LogP contribution in [0.15, 0.2) is 0 Å². The molecule has 0 unspecified atom stereocenters. The van der Waals surface area contributed by atoms with Crippen LogP contribution in [-0.2, 0) is 19.1 Å². The van der Waals surface area contributed by atoms with Gasteiger partial charge in [-0.25, -0.2) is 0 Å². The van der Waals surface area contributed by atoms with Crippen LogP contribution < -0.4 is 11.1 Å². The molecular weight excluding hydrogens is 224 g/mol. The molecule has 0 heterocycles. The lowest BCUT2D eigenvalue weighted by Crippen LogP contribution is -2.34. The van der Waals surface area contributed by atoms with Gasteiger partial charge >= 0.3 is 5.97 Å². The number of esters is 1. The van der Waals surface area contributed by atoms with E-state index in [2.05, 4.69) is 5.32 Å².